The first kappa shape index (κ1) is 13.9. The molecule has 0 bridgehead atoms. The lowest BCUT2D eigenvalue weighted by atomic mass is 10.3. The summed E-state index contributed by atoms with van der Waals surface area (Å²) in [6, 6.07) is 6.05. The molecule has 0 radical (unpaired) electrons. The van der Waals surface area contributed by atoms with Gasteiger partial charge in [0.2, 0.25) is 5.95 Å². The standard InChI is InChI=1S/C15H18N4OS/c1-4-16-15-17-13(12-7-8-21-14(12)18-15)19(3)9-11-6-5-10(2)20-11/h5-8H,4,9H2,1-3H3,(H,16,17,18). The van der Waals surface area contributed by atoms with Gasteiger partial charge in [0.05, 0.1) is 11.9 Å². The van der Waals surface area contributed by atoms with Crippen molar-refractivity contribution in [1.82, 2.24) is 9.97 Å². The highest BCUT2D eigenvalue weighted by molar-refractivity contribution is 7.16. The average Bonchev–Trinajstić information content (AvgIpc) is 3.07. The van der Waals surface area contributed by atoms with Gasteiger partial charge in [-0.05, 0) is 37.4 Å². The number of nitrogens with zero attached hydrogens (tertiary/aromatic N) is 3. The zero-order chi connectivity index (χ0) is 14.8. The second-order valence-electron chi connectivity index (χ2n) is 4.91. The Kier molecular flexibility index (Phi) is 3.79. The molecular weight excluding hydrogens is 284 g/mol. The van der Waals surface area contributed by atoms with Crippen LogP contribution in [0.25, 0.3) is 10.2 Å². The highest BCUT2D eigenvalue weighted by atomic mass is 32.1. The summed E-state index contributed by atoms with van der Waals surface area (Å²) in [6.07, 6.45) is 0. The third-order valence-corrected chi connectivity index (χ3v) is 4.00. The molecule has 0 spiro atoms. The molecule has 3 aromatic heterocycles. The Bertz CT molecular complexity index is 749. The minimum absolute atomic E-state index is 0.671. The maximum atomic E-state index is 5.65. The van der Waals surface area contributed by atoms with E-state index in [1.807, 2.05) is 38.4 Å². The van der Waals surface area contributed by atoms with Crippen LogP contribution in [0.4, 0.5) is 11.8 Å². The van der Waals surface area contributed by atoms with Gasteiger partial charge < -0.3 is 14.6 Å². The summed E-state index contributed by atoms with van der Waals surface area (Å²) in [6.45, 7) is 5.48. The molecule has 3 aromatic rings. The van der Waals surface area contributed by atoms with Crippen molar-refractivity contribution in [3.8, 4) is 0 Å². The van der Waals surface area contributed by atoms with Gasteiger partial charge in [-0.15, -0.1) is 11.3 Å². The van der Waals surface area contributed by atoms with Crippen molar-refractivity contribution >= 4 is 33.3 Å². The third kappa shape index (κ3) is 2.85. The molecule has 0 amide bonds. The Morgan fingerprint density at radius 1 is 1.29 bits per heavy atom. The van der Waals surface area contributed by atoms with E-state index < -0.39 is 0 Å². The van der Waals surface area contributed by atoms with Crippen molar-refractivity contribution in [2.75, 3.05) is 23.8 Å². The first-order valence-corrected chi connectivity index (χ1v) is 7.81. The Morgan fingerprint density at radius 2 is 2.14 bits per heavy atom. The van der Waals surface area contributed by atoms with E-state index in [4.69, 9.17) is 4.42 Å². The zero-order valence-electron chi connectivity index (χ0n) is 12.4. The van der Waals surface area contributed by atoms with Gasteiger partial charge >= 0.3 is 0 Å². The molecule has 3 rings (SSSR count). The van der Waals surface area contributed by atoms with Crippen LogP contribution in [-0.4, -0.2) is 23.6 Å². The van der Waals surface area contributed by atoms with E-state index in [-0.39, 0.29) is 0 Å². The number of nitrogens with one attached hydrogen (secondary N) is 1. The van der Waals surface area contributed by atoms with Crippen LogP contribution in [0.1, 0.15) is 18.4 Å². The van der Waals surface area contributed by atoms with E-state index in [0.29, 0.717) is 12.5 Å². The fourth-order valence-corrected chi connectivity index (χ4v) is 3.01. The first-order chi connectivity index (χ1) is 10.2. The van der Waals surface area contributed by atoms with E-state index in [2.05, 4.69) is 26.3 Å². The van der Waals surface area contributed by atoms with Crippen LogP contribution in [0.15, 0.2) is 28.0 Å². The molecule has 0 atom stereocenters. The normalized spacial score (nSPS) is 11.0. The van der Waals surface area contributed by atoms with Crippen molar-refractivity contribution in [2.24, 2.45) is 0 Å². The third-order valence-electron chi connectivity index (χ3n) is 3.19. The molecule has 0 aliphatic rings. The molecule has 0 unspecified atom stereocenters. The lowest BCUT2D eigenvalue weighted by molar-refractivity contribution is 0.481. The number of anilines is 2. The Labute approximate surface area is 127 Å². The first-order valence-electron chi connectivity index (χ1n) is 6.93. The molecule has 6 heteroatoms. The Morgan fingerprint density at radius 3 is 2.86 bits per heavy atom. The van der Waals surface area contributed by atoms with Crippen LogP contribution in [0.2, 0.25) is 0 Å². The fraction of sp³-hybridized carbons (Fsp3) is 0.333. The average molecular weight is 302 g/mol. The lowest BCUT2D eigenvalue weighted by Gasteiger charge is -2.18. The van der Waals surface area contributed by atoms with Gasteiger partial charge in [0.15, 0.2) is 0 Å². The summed E-state index contributed by atoms with van der Waals surface area (Å²) in [7, 11) is 2.02. The largest absolute Gasteiger partial charge is 0.464 e. The van der Waals surface area contributed by atoms with Crippen molar-refractivity contribution in [3.63, 3.8) is 0 Å². The molecule has 0 saturated carbocycles. The molecule has 1 N–H and O–H groups in total. The van der Waals surface area contributed by atoms with Crippen molar-refractivity contribution in [3.05, 3.63) is 35.1 Å². The minimum atomic E-state index is 0.671. The SMILES string of the molecule is CCNc1nc(N(C)Cc2ccc(C)o2)c2ccsc2n1. The molecule has 0 saturated heterocycles. The van der Waals surface area contributed by atoms with Gasteiger partial charge in [-0.2, -0.15) is 4.98 Å². The zero-order valence-corrected chi connectivity index (χ0v) is 13.2. The molecule has 0 fully saturated rings. The van der Waals surface area contributed by atoms with Gasteiger partial charge in [0.1, 0.15) is 22.2 Å². The quantitative estimate of drug-likeness (QED) is 0.779. The monoisotopic (exact) mass is 302 g/mol. The van der Waals surface area contributed by atoms with E-state index in [1.54, 1.807) is 11.3 Å². The molecule has 3 heterocycles. The number of aryl methyl sites for hydroxylation is 1. The van der Waals surface area contributed by atoms with E-state index >= 15 is 0 Å². The van der Waals surface area contributed by atoms with E-state index in [0.717, 1.165) is 34.1 Å². The van der Waals surface area contributed by atoms with Gasteiger partial charge in [-0.1, -0.05) is 0 Å². The predicted molar refractivity (Wildman–Crippen MR) is 87.1 cm³/mol. The smallest absolute Gasteiger partial charge is 0.226 e. The summed E-state index contributed by atoms with van der Waals surface area (Å²) in [5.74, 6) is 3.45. The fourth-order valence-electron chi connectivity index (χ4n) is 2.25. The summed E-state index contributed by atoms with van der Waals surface area (Å²) in [5.41, 5.74) is 0. The van der Waals surface area contributed by atoms with Crippen LogP contribution in [0, 0.1) is 6.92 Å². The highest BCUT2D eigenvalue weighted by Gasteiger charge is 2.14. The molecule has 110 valence electrons. The van der Waals surface area contributed by atoms with Crippen molar-refractivity contribution < 1.29 is 4.42 Å². The summed E-state index contributed by atoms with van der Waals surface area (Å²) in [5, 5.41) is 6.31. The maximum Gasteiger partial charge on any atom is 0.226 e. The summed E-state index contributed by atoms with van der Waals surface area (Å²) < 4.78 is 5.65. The highest BCUT2D eigenvalue weighted by Crippen LogP contribution is 2.29. The van der Waals surface area contributed by atoms with Crippen LogP contribution in [-0.2, 0) is 6.54 Å². The topological polar surface area (TPSA) is 54.2 Å². The Balaban J connectivity index is 1.95. The molecule has 21 heavy (non-hydrogen) atoms. The summed E-state index contributed by atoms with van der Waals surface area (Å²) >= 11 is 1.63. The second kappa shape index (κ2) is 5.73. The minimum Gasteiger partial charge on any atom is -0.464 e. The van der Waals surface area contributed by atoms with Crippen LogP contribution in [0.5, 0.6) is 0 Å². The van der Waals surface area contributed by atoms with E-state index in [1.165, 1.54) is 0 Å². The number of rotatable bonds is 5. The van der Waals surface area contributed by atoms with Gasteiger partial charge in [0.25, 0.3) is 0 Å². The Hall–Kier alpha value is -2.08. The van der Waals surface area contributed by atoms with Gasteiger partial charge in [-0.3, -0.25) is 0 Å². The van der Waals surface area contributed by atoms with Crippen LogP contribution in [0.3, 0.4) is 0 Å². The van der Waals surface area contributed by atoms with Crippen molar-refractivity contribution in [1.29, 1.82) is 0 Å². The number of thiophene rings is 1. The van der Waals surface area contributed by atoms with Gasteiger partial charge in [0, 0.05) is 13.6 Å². The van der Waals surface area contributed by atoms with E-state index in [9.17, 15) is 0 Å². The molecule has 0 aromatic carbocycles. The maximum absolute atomic E-state index is 5.65. The number of hydrogen-bond acceptors (Lipinski definition) is 6. The molecule has 0 aliphatic heterocycles. The van der Waals surface area contributed by atoms with Crippen LogP contribution < -0.4 is 10.2 Å². The summed E-state index contributed by atoms with van der Waals surface area (Å²) in [4.78, 5) is 12.3. The van der Waals surface area contributed by atoms with Gasteiger partial charge in [-0.25, -0.2) is 4.98 Å². The number of furan rings is 1. The second-order valence-corrected chi connectivity index (χ2v) is 5.80. The predicted octanol–water partition coefficient (Wildman–Crippen LogP) is 3.66. The molecular formula is C15H18N4OS. The van der Waals surface area contributed by atoms with Crippen LogP contribution >= 0.6 is 11.3 Å². The van der Waals surface area contributed by atoms with Crippen molar-refractivity contribution in [2.45, 2.75) is 20.4 Å². The molecule has 0 aliphatic carbocycles. The number of hydrogen-bond donors (Lipinski definition) is 1. The molecule has 5 nitrogen and oxygen atoms in total. The lowest BCUT2D eigenvalue weighted by Crippen LogP contribution is -2.18. The number of fused-ring (bicyclic) bond motifs is 1. The number of aromatic nitrogens is 2.